The number of rotatable bonds is 1. The van der Waals surface area contributed by atoms with Gasteiger partial charge in [0.2, 0.25) is 0 Å². The lowest BCUT2D eigenvalue weighted by Gasteiger charge is -2.12. The first-order valence-corrected chi connectivity index (χ1v) is 11.3. The second kappa shape index (κ2) is 6.97. The van der Waals surface area contributed by atoms with Crippen LogP contribution >= 0.6 is 0 Å². The second-order valence-corrected chi connectivity index (χ2v) is 8.98. The monoisotopic (exact) mass is 434 g/mol. The quantitative estimate of drug-likeness (QED) is 0.198. The number of hydrogen-bond acceptors (Lipinski definition) is 2. The van der Waals surface area contributed by atoms with Gasteiger partial charge < -0.3 is 0 Å². The summed E-state index contributed by atoms with van der Waals surface area (Å²) in [5.74, 6) is -0.290. The van der Waals surface area contributed by atoms with Gasteiger partial charge in [0.15, 0.2) is 11.6 Å². The number of benzene rings is 6. The van der Waals surface area contributed by atoms with Crippen molar-refractivity contribution >= 4 is 71.0 Å². The van der Waals surface area contributed by atoms with Gasteiger partial charge >= 0.3 is 0 Å². The maximum atomic E-state index is 12.5. The minimum absolute atomic E-state index is 0.135. The molecule has 0 aliphatic heterocycles. The van der Waals surface area contributed by atoms with Crippen molar-refractivity contribution in [3.05, 3.63) is 115 Å². The Morgan fingerprint density at radius 1 is 0.441 bits per heavy atom. The molecule has 158 valence electrons. The van der Waals surface area contributed by atoms with Crippen LogP contribution in [-0.2, 0) is 9.59 Å². The van der Waals surface area contributed by atoms with E-state index in [9.17, 15) is 9.59 Å². The lowest BCUT2D eigenvalue weighted by molar-refractivity contribution is -0.113. The highest BCUT2D eigenvalue weighted by Gasteiger charge is 2.17. The molecule has 0 aromatic heterocycles. The van der Waals surface area contributed by atoms with Crippen LogP contribution in [0.15, 0.2) is 109 Å². The summed E-state index contributed by atoms with van der Waals surface area (Å²) >= 11 is 0. The van der Waals surface area contributed by atoms with Crippen LogP contribution in [0.4, 0.5) is 0 Å². The van der Waals surface area contributed by atoms with E-state index in [1.165, 1.54) is 50.5 Å². The van der Waals surface area contributed by atoms with E-state index in [-0.39, 0.29) is 11.6 Å². The maximum Gasteiger partial charge on any atom is 0.186 e. The number of ketones is 2. The van der Waals surface area contributed by atoms with Gasteiger partial charge in [0.25, 0.3) is 0 Å². The molecule has 2 heteroatoms. The van der Waals surface area contributed by atoms with Crippen molar-refractivity contribution in [3.63, 3.8) is 0 Å². The van der Waals surface area contributed by atoms with Crippen LogP contribution in [0.2, 0.25) is 0 Å². The highest BCUT2D eigenvalue weighted by atomic mass is 16.1. The first-order chi connectivity index (χ1) is 16.6. The van der Waals surface area contributed by atoms with Gasteiger partial charge in [-0.25, -0.2) is 0 Å². The number of carbonyl (C=O) groups excluding carboxylic acids is 2. The number of hydrogen-bond donors (Lipinski definition) is 0. The van der Waals surface area contributed by atoms with Gasteiger partial charge in [-0.05, 0) is 126 Å². The minimum Gasteiger partial charge on any atom is -0.290 e. The molecule has 6 aromatic rings. The summed E-state index contributed by atoms with van der Waals surface area (Å²) in [6.45, 7) is 0. The summed E-state index contributed by atoms with van der Waals surface area (Å²) in [6.07, 6.45) is 4.13. The van der Waals surface area contributed by atoms with Gasteiger partial charge in [-0.2, -0.15) is 0 Å². The molecule has 34 heavy (non-hydrogen) atoms. The van der Waals surface area contributed by atoms with Crippen LogP contribution in [0.1, 0.15) is 5.56 Å². The number of carbonyl (C=O) groups is 2. The third kappa shape index (κ3) is 2.89. The summed E-state index contributed by atoms with van der Waals surface area (Å²) in [4.78, 5) is 24.5. The summed E-state index contributed by atoms with van der Waals surface area (Å²) in [5, 5.41) is 11.6. The summed E-state index contributed by atoms with van der Waals surface area (Å²) in [5.41, 5.74) is 1.25. The Balaban J connectivity index is 1.49. The first kappa shape index (κ1) is 19.0. The van der Waals surface area contributed by atoms with Crippen molar-refractivity contribution in [2.24, 2.45) is 0 Å². The molecule has 0 spiro atoms. The molecule has 1 aliphatic carbocycles. The molecule has 0 bridgehead atoms. The molecular formula is C32H18O2. The lowest BCUT2D eigenvalue weighted by Crippen LogP contribution is -2.06. The molecule has 6 aromatic carbocycles. The molecule has 7 rings (SSSR count). The Morgan fingerprint density at radius 2 is 0.941 bits per heavy atom. The van der Waals surface area contributed by atoms with Crippen LogP contribution < -0.4 is 0 Å². The molecule has 1 aliphatic rings. The molecule has 0 radical (unpaired) electrons. The van der Waals surface area contributed by atoms with Crippen molar-refractivity contribution in [2.45, 2.75) is 0 Å². The van der Waals surface area contributed by atoms with E-state index in [0.717, 1.165) is 27.1 Å². The predicted octanol–water partition coefficient (Wildman–Crippen LogP) is 7.54. The van der Waals surface area contributed by atoms with Crippen molar-refractivity contribution in [1.82, 2.24) is 0 Å². The summed E-state index contributed by atoms with van der Waals surface area (Å²) < 4.78 is 0. The van der Waals surface area contributed by atoms with Crippen molar-refractivity contribution in [3.8, 4) is 0 Å². The Morgan fingerprint density at radius 3 is 1.56 bits per heavy atom. The maximum absolute atomic E-state index is 12.5. The van der Waals surface area contributed by atoms with E-state index in [1.54, 1.807) is 0 Å². The normalized spacial score (nSPS) is 14.1. The highest BCUT2D eigenvalue weighted by Crippen LogP contribution is 2.34. The average Bonchev–Trinajstić information content (AvgIpc) is 2.85. The Labute approximate surface area is 195 Å². The van der Waals surface area contributed by atoms with E-state index < -0.39 is 0 Å². The lowest BCUT2D eigenvalue weighted by atomic mass is 9.90. The van der Waals surface area contributed by atoms with E-state index >= 15 is 0 Å². The van der Waals surface area contributed by atoms with Crippen LogP contribution in [0.5, 0.6) is 0 Å². The summed E-state index contributed by atoms with van der Waals surface area (Å²) in [6, 6.07) is 32.2. The minimum atomic E-state index is -0.155. The Bertz CT molecular complexity index is 1940. The zero-order chi connectivity index (χ0) is 22.8. The molecule has 0 amide bonds. The van der Waals surface area contributed by atoms with E-state index in [2.05, 4.69) is 78.9 Å². The van der Waals surface area contributed by atoms with E-state index in [0.29, 0.717) is 5.57 Å². The molecule has 0 saturated carbocycles. The molecular weight excluding hydrogens is 416 g/mol. The van der Waals surface area contributed by atoms with Crippen molar-refractivity contribution < 1.29 is 9.59 Å². The van der Waals surface area contributed by atoms with Gasteiger partial charge in [-0.1, -0.05) is 42.5 Å². The fraction of sp³-hybridized carbons (Fsp3) is 0. The van der Waals surface area contributed by atoms with Gasteiger partial charge in [-0.3, -0.25) is 9.59 Å². The van der Waals surface area contributed by atoms with Crippen molar-refractivity contribution in [1.29, 1.82) is 0 Å². The third-order valence-electron chi connectivity index (χ3n) is 6.85. The summed E-state index contributed by atoms with van der Waals surface area (Å²) in [7, 11) is 0. The largest absolute Gasteiger partial charge is 0.290 e. The van der Waals surface area contributed by atoms with Crippen LogP contribution in [0.3, 0.4) is 0 Å². The topological polar surface area (TPSA) is 34.1 Å². The highest BCUT2D eigenvalue weighted by molar-refractivity contribution is 6.35. The fourth-order valence-corrected chi connectivity index (χ4v) is 5.18. The average molecular weight is 434 g/mol. The van der Waals surface area contributed by atoms with E-state index in [1.807, 2.05) is 12.1 Å². The molecule has 0 heterocycles. The third-order valence-corrected chi connectivity index (χ3v) is 6.85. The first-order valence-electron chi connectivity index (χ1n) is 11.3. The van der Waals surface area contributed by atoms with Gasteiger partial charge in [0.05, 0.1) is 0 Å². The number of allylic oxidation sites excluding steroid dienone is 4. The van der Waals surface area contributed by atoms with Crippen LogP contribution in [0.25, 0.3) is 59.4 Å². The molecule has 2 nitrogen and oxygen atoms in total. The zero-order valence-corrected chi connectivity index (χ0v) is 18.2. The predicted molar refractivity (Wildman–Crippen MR) is 141 cm³/mol. The van der Waals surface area contributed by atoms with Gasteiger partial charge in [-0.15, -0.1) is 0 Å². The standard InChI is InChI=1S/C32H18O2/c33-28-8-9-32(34)31(18-28)29-7-3-6-21-12-24-15-25-13-22-10-19-4-1-2-5-20(19)11-23(22)14-26(25)16-27(24)17-30(21)29/h1-18H. The second-order valence-electron chi connectivity index (χ2n) is 8.98. The molecule has 0 fully saturated rings. The Kier molecular flexibility index (Phi) is 3.88. The smallest absolute Gasteiger partial charge is 0.186 e. The molecule has 0 atom stereocenters. The number of fused-ring (bicyclic) bond motifs is 5. The van der Waals surface area contributed by atoms with E-state index in [4.69, 9.17) is 0 Å². The molecule has 0 N–H and O–H groups in total. The SMILES string of the molecule is O=C1C=CC(=O)C(c2cccc3cc4cc5cc6cc7ccccc7cc6cc5cc4cc23)=C1. The van der Waals surface area contributed by atoms with Crippen LogP contribution in [-0.4, -0.2) is 11.6 Å². The fourth-order valence-electron chi connectivity index (χ4n) is 5.18. The van der Waals surface area contributed by atoms with Crippen LogP contribution in [0, 0.1) is 0 Å². The molecule has 0 saturated heterocycles. The van der Waals surface area contributed by atoms with Crippen molar-refractivity contribution in [2.75, 3.05) is 0 Å². The van der Waals surface area contributed by atoms with Gasteiger partial charge in [0, 0.05) is 5.57 Å². The Hall–Kier alpha value is -4.56. The molecule has 0 unspecified atom stereocenters. The van der Waals surface area contributed by atoms with Gasteiger partial charge in [0.1, 0.15) is 0 Å². The zero-order valence-electron chi connectivity index (χ0n) is 18.2.